The fourth-order valence-electron chi connectivity index (χ4n) is 2.41. The van der Waals surface area contributed by atoms with Gasteiger partial charge in [0.15, 0.2) is 0 Å². The minimum atomic E-state index is -0.851. The summed E-state index contributed by atoms with van der Waals surface area (Å²) >= 11 is 0. The van der Waals surface area contributed by atoms with Crippen LogP contribution in [0.1, 0.15) is 38.4 Å². The third kappa shape index (κ3) is 2.48. The first kappa shape index (κ1) is 14.1. The lowest BCUT2D eigenvalue weighted by atomic mass is 9.82. The lowest BCUT2D eigenvalue weighted by Gasteiger charge is -2.42. The van der Waals surface area contributed by atoms with Gasteiger partial charge in [0, 0.05) is 11.8 Å². The van der Waals surface area contributed by atoms with Crippen LogP contribution in [0.2, 0.25) is 0 Å². The van der Waals surface area contributed by atoms with Crippen molar-refractivity contribution in [3.8, 4) is 0 Å². The Bertz CT molecular complexity index is 364. The number of hydrogen-bond acceptors (Lipinski definition) is 3. The summed E-state index contributed by atoms with van der Waals surface area (Å²) in [6.45, 7) is 4.01. The minimum absolute atomic E-state index is 0.317. The highest BCUT2D eigenvalue weighted by molar-refractivity contribution is 5.20. The quantitative estimate of drug-likeness (QED) is 0.858. The van der Waals surface area contributed by atoms with E-state index in [4.69, 9.17) is 0 Å². The lowest BCUT2D eigenvalue weighted by molar-refractivity contribution is -0.0168. The van der Waals surface area contributed by atoms with Gasteiger partial charge in [0.2, 0.25) is 0 Å². The van der Waals surface area contributed by atoms with Crippen molar-refractivity contribution in [2.24, 2.45) is 0 Å². The second-order valence-corrected chi connectivity index (χ2v) is 4.50. The van der Waals surface area contributed by atoms with Crippen LogP contribution >= 0.6 is 0 Å². The van der Waals surface area contributed by atoms with E-state index < -0.39 is 17.5 Å². The van der Waals surface area contributed by atoms with Gasteiger partial charge in [-0.1, -0.05) is 13.8 Å². The zero-order chi connectivity index (χ0) is 13.1. The number of nitrogens with zero attached hydrogens (tertiary/aromatic N) is 2. The Kier molecular flexibility index (Phi) is 4.60. The van der Waals surface area contributed by atoms with Crippen LogP contribution in [0.4, 0.5) is 4.39 Å². The Morgan fingerprint density at radius 2 is 2.00 bits per heavy atom. The summed E-state index contributed by atoms with van der Waals surface area (Å²) in [5.74, 6) is -0.451. The summed E-state index contributed by atoms with van der Waals surface area (Å²) in [6, 6.07) is 1.55. The van der Waals surface area contributed by atoms with Crippen molar-refractivity contribution in [3.05, 3.63) is 29.8 Å². The van der Waals surface area contributed by atoms with Crippen molar-refractivity contribution < 1.29 is 9.50 Å². The predicted molar refractivity (Wildman–Crippen MR) is 66.2 cm³/mol. The number of aliphatic hydroxyl groups is 1. The average Bonchev–Trinajstić information content (AvgIpc) is 2.31. The molecule has 1 N–H and O–H groups in total. The van der Waals surface area contributed by atoms with Gasteiger partial charge < -0.3 is 10.0 Å². The van der Waals surface area contributed by atoms with Crippen LogP contribution in [0.5, 0.6) is 0 Å². The number of aliphatic hydroxyl groups excluding tert-OH is 1. The van der Waals surface area contributed by atoms with Crippen LogP contribution in [0.15, 0.2) is 18.5 Å². The maximum absolute atomic E-state index is 13.7. The second-order valence-electron chi connectivity index (χ2n) is 4.50. The Hall–Kier alpha value is -1.00. The third-order valence-corrected chi connectivity index (χ3v) is 3.72. The number of aromatic nitrogens is 1. The van der Waals surface area contributed by atoms with Crippen molar-refractivity contribution >= 4 is 0 Å². The van der Waals surface area contributed by atoms with E-state index in [0.717, 1.165) is 19.0 Å². The molecule has 0 aliphatic rings. The normalized spacial score (nSPS) is 14.1. The van der Waals surface area contributed by atoms with Gasteiger partial charge in [-0.3, -0.25) is 4.98 Å². The zero-order valence-electron chi connectivity index (χ0n) is 10.9. The molecule has 0 aliphatic carbocycles. The van der Waals surface area contributed by atoms with E-state index in [9.17, 15) is 9.50 Å². The molecule has 17 heavy (non-hydrogen) atoms. The Morgan fingerprint density at radius 3 is 2.41 bits per heavy atom. The molecule has 1 unspecified atom stereocenters. The van der Waals surface area contributed by atoms with E-state index in [2.05, 4.69) is 4.98 Å². The van der Waals surface area contributed by atoms with Crippen LogP contribution in [-0.4, -0.2) is 34.6 Å². The molecule has 0 amide bonds. The third-order valence-electron chi connectivity index (χ3n) is 3.72. The molecule has 96 valence electrons. The van der Waals surface area contributed by atoms with Crippen LogP contribution in [0, 0.1) is 5.82 Å². The van der Waals surface area contributed by atoms with Crippen LogP contribution in [-0.2, 0) is 0 Å². The second kappa shape index (κ2) is 5.56. The average molecular weight is 240 g/mol. The van der Waals surface area contributed by atoms with Crippen molar-refractivity contribution in [2.45, 2.75) is 38.3 Å². The largest absolute Gasteiger partial charge is 0.386 e. The van der Waals surface area contributed by atoms with Crippen LogP contribution < -0.4 is 0 Å². The molecule has 1 atom stereocenters. The van der Waals surface area contributed by atoms with Crippen molar-refractivity contribution in [1.82, 2.24) is 9.88 Å². The Morgan fingerprint density at radius 1 is 1.41 bits per heavy atom. The highest BCUT2D eigenvalue weighted by Gasteiger charge is 2.38. The molecule has 1 rings (SSSR count). The first-order valence-electron chi connectivity index (χ1n) is 5.94. The van der Waals surface area contributed by atoms with Gasteiger partial charge in [0.05, 0.1) is 11.7 Å². The molecule has 4 heteroatoms. The molecule has 0 fully saturated rings. The maximum atomic E-state index is 13.7. The molecule has 1 aromatic rings. The molecule has 3 nitrogen and oxygen atoms in total. The topological polar surface area (TPSA) is 36.4 Å². The monoisotopic (exact) mass is 240 g/mol. The minimum Gasteiger partial charge on any atom is -0.386 e. The summed E-state index contributed by atoms with van der Waals surface area (Å²) in [4.78, 5) is 5.68. The number of pyridine rings is 1. The van der Waals surface area contributed by atoms with Gasteiger partial charge in [-0.15, -0.1) is 0 Å². The van der Waals surface area contributed by atoms with E-state index in [1.165, 1.54) is 6.20 Å². The predicted octanol–water partition coefficient (Wildman–Crippen LogP) is 2.37. The van der Waals surface area contributed by atoms with E-state index in [0.29, 0.717) is 5.56 Å². The van der Waals surface area contributed by atoms with Crippen LogP contribution in [0.25, 0.3) is 0 Å². The van der Waals surface area contributed by atoms with Crippen molar-refractivity contribution in [2.75, 3.05) is 14.1 Å². The van der Waals surface area contributed by atoms with E-state index >= 15 is 0 Å². The summed E-state index contributed by atoms with van der Waals surface area (Å²) in [7, 11) is 3.82. The highest BCUT2D eigenvalue weighted by atomic mass is 19.1. The Labute approximate surface area is 102 Å². The van der Waals surface area contributed by atoms with Gasteiger partial charge in [0.25, 0.3) is 0 Å². The van der Waals surface area contributed by atoms with Gasteiger partial charge in [-0.2, -0.15) is 0 Å². The molecule has 0 aliphatic heterocycles. The maximum Gasteiger partial charge on any atom is 0.147 e. The molecule has 1 aromatic heterocycles. The fourth-order valence-corrected chi connectivity index (χ4v) is 2.41. The van der Waals surface area contributed by atoms with Gasteiger partial charge in [-0.05, 0) is 33.0 Å². The van der Waals surface area contributed by atoms with E-state index in [1.807, 2.05) is 32.8 Å². The number of rotatable bonds is 5. The smallest absolute Gasteiger partial charge is 0.147 e. The van der Waals surface area contributed by atoms with Gasteiger partial charge in [-0.25, -0.2) is 4.39 Å². The molecule has 1 heterocycles. The molecular weight excluding hydrogens is 219 g/mol. The molecule has 0 saturated heterocycles. The van der Waals surface area contributed by atoms with Crippen molar-refractivity contribution in [3.63, 3.8) is 0 Å². The number of hydrogen-bond donors (Lipinski definition) is 1. The molecule has 0 radical (unpaired) electrons. The molecule has 0 bridgehead atoms. The van der Waals surface area contributed by atoms with Crippen LogP contribution in [0.3, 0.4) is 0 Å². The number of likely N-dealkylation sites (N-methyl/N-ethyl adjacent to an activating group) is 1. The fraction of sp³-hybridized carbons (Fsp3) is 0.615. The SMILES string of the molecule is CCC(CC)(C(O)c1ccncc1F)N(C)C. The van der Waals surface area contributed by atoms with Gasteiger partial charge >= 0.3 is 0 Å². The first-order valence-corrected chi connectivity index (χ1v) is 5.94. The lowest BCUT2D eigenvalue weighted by Crippen LogP contribution is -2.48. The molecule has 0 saturated carbocycles. The van der Waals surface area contributed by atoms with Crippen molar-refractivity contribution in [1.29, 1.82) is 0 Å². The summed E-state index contributed by atoms with van der Waals surface area (Å²) < 4.78 is 13.7. The molecule has 0 spiro atoms. The molecular formula is C13H21FN2O. The summed E-state index contributed by atoms with van der Waals surface area (Å²) in [5.41, 5.74) is -0.125. The van der Waals surface area contributed by atoms with E-state index in [1.54, 1.807) is 6.07 Å². The standard InChI is InChI=1S/C13H21FN2O/c1-5-13(6-2,16(3)4)12(17)10-7-8-15-9-11(10)14/h7-9,12,17H,5-6H2,1-4H3. The summed E-state index contributed by atoms with van der Waals surface area (Å²) in [5, 5.41) is 10.5. The molecule has 0 aromatic carbocycles. The number of halogens is 1. The van der Waals surface area contributed by atoms with Gasteiger partial charge in [0.1, 0.15) is 11.9 Å². The van der Waals surface area contributed by atoms with E-state index in [-0.39, 0.29) is 0 Å². The first-order chi connectivity index (χ1) is 7.99. The zero-order valence-corrected chi connectivity index (χ0v) is 10.9. The summed E-state index contributed by atoms with van der Waals surface area (Å²) in [6.07, 6.45) is 3.30. The highest BCUT2D eigenvalue weighted by Crippen LogP contribution is 2.36. The Balaban J connectivity index is 3.17.